The van der Waals surface area contributed by atoms with Gasteiger partial charge in [0.2, 0.25) is 0 Å². The van der Waals surface area contributed by atoms with E-state index in [-0.39, 0.29) is 6.03 Å². The van der Waals surface area contributed by atoms with Crippen LogP contribution in [0.25, 0.3) is 0 Å². The molecule has 1 rings (SSSR count). The Kier molecular flexibility index (Phi) is 3.94. The van der Waals surface area contributed by atoms with E-state index < -0.39 is 0 Å². The van der Waals surface area contributed by atoms with Crippen LogP contribution in [0.5, 0.6) is 0 Å². The monoisotopic (exact) mass is 227 g/mol. The van der Waals surface area contributed by atoms with Gasteiger partial charge in [0.1, 0.15) is 0 Å². The first-order valence-electron chi connectivity index (χ1n) is 4.50. The van der Waals surface area contributed by atoms with Gasteiger partial charge in [-0.1, -0.05) is 17.7 Å². The quantitative estimate of drug-likeness (QED) is 0.762. The van der Waals surface area contributed by atoms with E-state index in [0.29, 0.717) is 10.7 Å². The van der Waals surface area contributed by atoms with E-state index >= 15 is 0 Å². The van der Waals surface area contributed by atoms with E-state index in [1.807, 2.05) is 13.0 Å². The smallest absolute Gasteiger partial charge is 0.307 e. The molecule has 0 aliphatic rings. The van der Waals surface area contributed by atoms with E-state index in [0.717, 1.165) is 5.56 Å². The van der Waals surface area contributed by atoms with Crippen LogP contribution in [0.3, 0.4) is 0 Å². The Morgan fingerprint density at radius 2 is 2.07 bits per heavy atom. The molecule has 0 spiro atoms. The van der Waals surface area contributed by atoms with Gasteiger partial charge in [-0.05, 0) is 24.6 Å². The second kappa shape index (κ2) is 5.00. The lowest BCUT2D eigenvalue weighted by Gasteiger charge is -2.14. The minimum absolute atomic E-state index is 0.287. The van der Waals surface area contributed by atoms with Crippen molar-refractivity contribution in [2.45, 2.75) is 6.92 Å². The summed E-state index contributed by atoms with van der Waals surface area (Å²) >= 11 is 5.82. The predicted molar refractivity (Wildman–Crippen MR) is 62.0 cm³/mol. The largest absolute Gasteiger partial charge is 0.333 e. The zero-order valence-electron chi connectivity index (χ0n) is 8.97. The molecule has 0 radical (unpaired) electrons. The van der Waals surface area contributed by atoms with Gasteiger partial charge in [0.05, 0.1) is 0 Å². The molecule has 4 nitrogen and oxygen atoms in total. The Labute approximate surface area is 94.2 Å². The molecule has 5 heteroatoms. The van der Waals surface area contributed by atoms with Crippen molar-refractivity contribution >= 4 is 23.3 Å². The average molecular weight is 228 g/mol. The molecule has 2 N–H and O–H groups in total. The molecule has 0 aromatic heterocycles. The molecule has 0 saturated heterocycles. The van der Waals surface area contributed by atoms with E-state index in [9.17, 15) is 4.79 Å². The van der Waals surface area contributed by atoms with Crippen molar-refractivity contribution < 1.29 is 4.79 Å². The number of nitrogens with one attached hydrogen (secondary N) is 2. The van der Waals surface area contributed by atoms with Crippen LogP contribution in [0.4, 0.5) is 10.5 Å². The van der Waals surface area contributed by atoms with Crippen LogP contribution >= 0.6 is 11.6 Å². The predicted octanol–water partition coefficient (Wildman–Crippen LogP) is 2.25. The number of nitrogens with zero attached hydrogens (tertiary/aromatic N) is 1. The molecule has 0 heterocycles. The molecule has 82 valence electrons. The number of halogens is 1. The summed E-state index contributed by atoms with van der Waals surface area (Å²) in [4.78, 5) is 11.4. The SMILES string of the molecule is Cc1ccc(Cl)cc1NC(=O)NN(C)C. The highest BCUT2D eigenvalue weighted by Crippen LogP contribution is 2.19. The fourth-order valence-electron chi connectivity index (χ4n) is 1.08. The number of anilines is 1. The molecule has 1 aromatic carbocycles. The Morgan fingerprint density at radius 1 is 1.40 bits per heavy atom. The van der Waals surface area contributed by atoms with Gasteiger partial charge in [-0.25, -0.2) is 9.80 Å². The summed E-state index contributed by atoms with van der Waals surface area (Å²) in [5.74, 6) is 0. The highest BCUT2D eigenvalue weighted by atomic mass is 35.5. The summed E-state index contributed by atoms with van der Waals surface area (Å²) in [6, 6.07) is 5.07. The number of amides is 2. The third-order valence-corrected chi connectivity index (χ3v) is 2.01. The molecule has 0 bridgehead atoms. The van der Waals surface area contributed by atoms with Gasteiger partial charge in [0.15, 0.2) is 0 Å². The zero-order valence-corrected chi connectivity index (χ0v) is 9.72. The molecule has 0 atom stereocenters. The molecule has 0 fully saturated rings. The molecule has 0 unspecified atom stereocenters. The van der Waals surface area contributed by atoms with Gasteiger partial charge >= 0.3 is 6.03 Å². The lowest BCUT2D eigenvalue weighted by atomic mass is 10.2. The highest BCUT2D eigenvalue weighted by Gasteiger charge is 2.04. The van der Waals surface area contributed by atoms with Crippen molar-refractivity contribution in [2.75, 3.05) is 19.4 Å². The summed E-state index contributed by atoms with van der Waals surface area (Å²) in [6.07, 6.45) is 0. The number of hydrogen-bond donors (Lipinski definition) is 2. The van der Waals surface area contributed by atoms with Gasteiger partial charge in [-0.2, -0.15) is 0 Å². The molecule has 0 saturated carbocycles. The standard InChI is InChI=1S/C10H14ClN3O/c1-7-4-5-8(11)6-9(7)12-10(15)13-14(2)3/h4-6H,1-3H3,(H2,12,13,15). The third-order valence-electron chi connectivity index (χ3n) is 1.77. The molecular formula is C10H14ClN3O. The van der Waals surface area contributed by atoms with E-state index in [1.54, 1.807) is 31.2 Å². The van der Waals surface area contributed by atoms with Gasteiger partial charge in [-0.15, -0.1) is 0 Å². The van der Waals surface area contributed by atoms with E-state index in [4.69, 9.17) is 11.6 Å². The lowest BCUT2D eigenvalue weighted by Crippen LogP contribution is -2.39. The lowest BCUT2D eigenvalue weighted by molar-refractivity contribution is 0.224. The first-order chi connectivity index (χ1) is 6.99. The van der Waals surface area contributed by atoms with Crippen molar-refractivity contribution in [3.8, 4) is 0 Å². The zero-order chi connectivity index (χ0) is 11.4. The van der Waals surface area contributed by atoms with Crippen molar-refractivity contribution in [3.63, 3.8) is 0 Å². The first kappa shape index (κ1) is 11.8. The molecule has 0 aliphatic carbocycles. The van der Waals surface area contributed by atoms with Crippen LogP contribution in [0, 0.1) is 6.92 Å². The average Bonchev–Trinajstić information content (AvgIpc) is 2.10. The Hall–Kier alpha value is -1.26. The molecule has 15 heavy (non-hydrogen) atoms. The highest BCUT2D eigenvalue weighted by molar-refractivity contribution is 6.31. The molecule has 0 aliphatic heterocycles. The van der Waals surface area contributed by atoms with Crippen molar-refractivity contribution in [3.05, 3.63) is 28.8 Å². The Bertz CT molecular complexity index is 366. The number of carbonyl (C=O) groups excluding carboxylic acids is 1. The molecule has 1 aromatic rings. The van der Waals surface area contributed by atoms with Crippen LogP contribution in [0.15, 0.2) is 18.2 Å². The minimum Gasteiger partial charge on any atom is -0.307 e. The van der Waals surface area contributed by atoms with Crippen molar-refractivity contribution in [2.24, 2.45) is 0 Å². The molecular weight excluding hydrogens is 214 g/mol. The summed E-state index contributed by atoms with van der Waals surface area (Å²) < 4.78 is 0. The fraction of sp³-hybridized carbons (Fsp3) is 0.300. The number of benzene rings is 1. The number of carbonyl (C=O) groups is 1. The summed E-state index contributed by atoms with van der Waals surface area (Å²) in [7, 11) is 3.48. The van der Waals surface area contributed by atoms with Crippen LogP contribution < -0.4 is 10.7 Å². The van der Waals surface area contributed by atoms with Crippen LogP contribution in [0.1, 0.15) is 5.56 Å². The Morgan fingerprint density at radius 3 is 2.67 bits per heavy atom. The van der Waals surface area contributed by atoms with Crippen molar-refractivity contribution in [1.82, 2.24) is 10.4 Å². The van der Waals surface area contributed by atoms with Crippen molar-refractivity contribution in [1.29, 1.82) is 0 Å². The minimum atomic E-state index is -0.287. The van der Waals surface area contributed by atoms with Crippen LogP contribution in [0.2, 0.25) is 5.02 Å². The summed E-state index contributed by atoms with van der Waals surface area (Å²) in [5.41, 5.74) is 4.25. The Balaban J connectivity index is 2.71. The maximum absolute atomic E-state index is 11.4. The maximum Gasteiger partial charge on any atom is 0.333 e. The normalized spacial score (nSPS) is 10.2. The summed E-state index contributed by atoms with van der Waals surface area (Å²) in [5, 5.41) is 4.87. The number of rotatable bonds is 2. The summed E-state index contributed by atoms with van der Waals surface area (Å²) in [6.45, 7) is 1.90. The number of hydrogen-bond acceptors (Lipinski definition) is 2. The van der Waals surface area contributed by atoms with Gasteiger partial charge in [0, 0.05) is 24.8 Å². The number of hydrazine groups is 1. The number of aryl methyl sites for hydroxylation is 1. The molecule has 2 amide bonds. The third kappa shape index (κ3) is 3.77. The number of urea groups is 1. The van der Waals surface area contributed by atoms with Gasteiger partial charge in [-0.3, -0.25) is 5.43 Å². The second-order valence-corrected chi connectivity index (χ2v) is 3.86. The first-order valence-corrected chi connectivity index (χ1v) is 4.88. The topological polar surface area (TPSA) is 44.4 Å². The fourth-order valence-corrected chi connectivity index (χ4v) is 1.25. The van der Waals surface area contributed by atoms with Gasteiger partial charge in [0.25, 0.3) is 0 Å². The van der Waals surface area contributed by atoms with Crippen LogP contribution in [-0.4, -0.2) is 25.1 Å². The maximum atomic E-state index is 11.4. The van der Waals surface area contributed by atoms with Crippen LogP contribution in [-0.2, 0) is 0 Å². The van der Waals surface area contributed by atoms with Gasteiger partial charge < -0.3 is 5.32 Å². The van der Waals surface area contributed by atoms with E-state index in [2.05, 4.69) is 10.7 Å². The second-order valence-electron chi connectivity index (χ2n) is 3.42. The van der Waals surface area contributed by atoms with E-state index in [1.165, 1.54) is 0 Å².